The maximum Gasteiger partial charge on any atom is 0.227 e. The van der Waals surface area contributed by atoms with Crippen LogP contribution in [0.4, 0.5) is 17.5 Å². The number of fused-ring (bicyclic) bond motifs is 1. The van der Waals surface area contributed by atoms with Crippen LogP contribution in [0.3, 0.4) is 0 Å². The largest absolute Gasteiger partial charge is 0.341 e. The molecule has 1 fully saturated rings. The molecule has 0 radical (unpaired) electrons. The predicted octanol–water partition coefficient (Wildman–Crippen LogP) is 2.47. The Morgan fingerprint density at radius 3 is 2.68 bits per heavy atom. The van der Waals surface area contributed by atoms with Crippen molar-refractivity contribution in [3.05, 3.63) is 41.6 Å². The van der Waals surface area contributed by atoms with Gasteiger partial charge in [-0.05, 0) is 25.0 Å². The summed E-state index contributed by atoms with van der Waals surface area (Å²) < 4.78 is 0. The molecule has 0 unspecified atom stereocenters. The molecule has 0 atom stereocenters. The van der Waals surface area contributed by atoms with E-state index >= 15 is 0 Å². The van der Waals surface area contributed by atoms with Crippen LogP contribution in [0.1, 0.15) is 24.1 Å². The van der Waals surface area contributed by atoms with Crippen LogP contribution in [0.2, 0.25) is 0 Å². The van der Waals surface area contributed by atoms with Gasteiger partial charge in [-0.2, -0.15) is 4.98 Å². The maximum atomic E-state index is 4.83. The topological polar surface area (TPSA) is 53.1 Å². The molecule has 22 heavy (non-hydrogen) atoms. The van der Waals surface area contributed by atoms with E-state index in [-0.39, 0.29) is 0 Å². The van der Waals surface area contributed by atoms with E-state index < -0.39 is 0 Å². The van der Waals surface area contributed by atoms with Crippen LogP contribution in [0.5, 0.6) is 0 Å². The van der Waals surface area contributed by atoms with Gasteiger partial charge in [0.15, 0.2) is 0 Å². The number of rotatable bonds is 3. The van der Waals surface area contributed by atoms with Gasteiger partial charge in [0.25, 0.3) is 0 Å². The summed E-state index contributed by atoms with van der Waals surface area (Å²) in [6.45, 7) is 3.97. The molecule has 0 amide bonds. The minimum absolute atomic E-state index is 0.838. The molecule has 2 aliphatic heterocycles. The van der Waals surface area contributed by atoms with Crippen molar-refractivity contribution in [3.8, 4) is 0 Å². The summed E-state index contributed by atoms with van der Waals surface area (Å²) in [5.41, 5.74) is 3.47. The average molecular weight is 295 g/mol. The van der Waals surface area contributed by atoms with Crippen molar-refractivity contribution in [2.45, 2.75) is 25.8 Å². The normalized spacial score (nSPS) is 17.4. The standard InChI is InChI=1S/C17H21N5/c1-2-6-13(7-3-1)19-16-14-12-18-9-8-15(14)20-17(21-16)22-10-4-5-11-22/h1-3,6-7,18H,4-5,8-12H2,(H,19,20,21). The Morgan fingerprint density at radius 2 is 1.86 bits per heavy atom. The molecule has 4 rings (SSSR count). The Bertz CT molecular complexity index is 650. The second-order valence-corrected chi connectivity index (χ2v) is 5.91. The summed E-state index contributed by atoms with van der Waals surface area (Å²) in [7, 11) is 0. The molecule has 0 spiro atoms. The highest BCUT2D eigenvalue weighted by molar-refractivity contribution is 5.62. The van der Waals surface area contributed by atoms with Gasteiger partial charge in [-0.3, -0.25) is 0 Å². The predicted molar refractivity (Wildman–Crippen MR) is 88.6 cm³/mol. The number of nitrogens with one attached hydrogen (secondary N) is 2. The fourth-order valence-corrected chi connectivity index (χ4v) is 3.15. The van der Waals surface area contributed by atoms with Crippen molar-refractivity contribution in [1.82, 2.24) is 15.3 Å². The quantitative estimate of drug-likeness (QED) is 0.911. The summed E-state index contributed by atoms with van der Waals surface area (Å²) in [6.07, 6.45) is 3.45. The van der Waals surface area contributed by atoms with Crippen LogP contribution in [0, 0.1) is 0 Å². The van der Waals surface area contributed by atoms with Crippen LogP contribution < -0.4 is 15.5 Å². The van der Waals surface area contributed by atoms with Crippen molar-refractivity contribution in [3.63, 3.8) is 0 Å². The van der Waals surface area contributed by atoms with Crippen LogP contribution >= 0.6 is 0 Å². The van der Waals surface area contributed by atoms with E-state index in [4.69, 9.17) is 9.97 Å². The van der Waals surface area contributed by atoms with Gasteiger partial charge in [0, 0.05) is 43.9 Å². The third kappa shape index (κ3) is 2.64. The van der Waals surface area contributed by atoms with E-state index in [1.165, 1.54) is 24.1 Å². The molecular formula is C17H21N5. The number of hydrogen-bond acceptors (Lipinski definition) is 5. The minimum Gasteiger partial charge on any atom is -0.341 e. The average Bonchev–Trinajstić information content (AvgIpc) is 3.10. The number of anilines is 3. The van der Waals surface area contributed by atoms with Gasteiger partial charge in [-0.15, -0.1) is 0 Å². The van der Waals surface area contributed by atoms with Gasteiger partial charge in [0.2, 0.25) is 5.95 Å². The Hall–Kier alpha value is -2.14. The van der Waals surface area contributed by atoms with Gasteiger partial charge >= 0.3 is 0 Å². The number of benzene rings is 1. The lowest BCUT2D eigenvalue weighted by Gasteiger charge is -2.23. The zero-order valence-corrected chi connectivity index (χ0v) is 12.7. The van der Waals surface area contributed by atoms with Crippen LogP contribution in [0.15, 0.2) is 30.3 Å². The van der Waals surface area contributed by atoms with Crippen molar-refractivity contribution >= 4 is 17.5 Å². The van der Waals surface area contributed by atoms with Crippen molar-refractivity contribution in [1.29, 1.82) is 0 Å². The first-order valence-electron chi connectivity index (χ1n) is 8.08. The fraction of sp³-hybridized carbons (Fsp3) is 0.412. The van der Waals surface area contributed by atoms with Gasteiger partial charge in [0.1, 0.15) is 5.82 Å². The molecule has 0 aliphatic carbocycles. The third-order valence-corrected chi connectivity index (χ3v) is 4.35. The number of aromatic nitrogens is 2. The van der Waals surface area contributed by atoms with Crippen LogP contribution in [-0.2, 0) is 13.0 Å². The summed E-state index contributed by atoms with van der Waals surface area (Å²) in [5.74, 6) is 1.84. The van der Waals surface area contributed by atoms with E-state index in [0.29, 0.717) is 0 Å². The lowest BCUT2D eigenvalue weighted by atomic mass is 10.1. The van der Waals surface area contributed by atoms with Gasteiger partial charge in [-0.25, -0.2) is 4.98 Å². The monoisotopic (exact) mass is 295 g/mol. The molecule has 2 aliphatic rings. The summed E-state index contributed by atoms with van der Waals surface area (Å²) in [6, 6.07) is 10.2. The van der Waals surface area contributed by atoms with E-state index in [0.717, 1.165) is 50.1 Å². The Morgan fingerprint density at radius 1 is 1.05 bits per heavy atom. The van der Waals surface area contributed by atoms with Crippen molar-refractivity contribution < 1.29 is 0 Å². The molecule has 5 heteroatoms. The first-order valence-corrected chi connectivity index (χ1v) is 8.08. The zero-order chi connectivity index (χ0) is 14.8. The van der Waals surface area contributed by atoms with Gasteiger partial charge in [-0.1, -0.05) is 18.2 Å². The smallest absolute Gasteiger partial charge is 0.227 e. The molecule has 3 heterocycles. The highest BCUT2D eigenvalue weighted by Gasteiger charge is 2.21. The molecule has 0 saturated carbocycles. The van der Waals surface area contributed by atoms with Gasteiger partial charge < -0.3 is 15.5 Å². The van der Waals surface area contributed by atoms with E-state index in [9.17, 15) is 0 Å². The molecule has 2 aromatic rings. The SMILES string of the molecule is c1ccc(Nc2nc(N3CCCC3)nc3c2CNCC3)cc1. The zero-order valence-electron chi connectivity index (χ0n) is 12.7. The van der Waals surface area contributed by atoms with E-state index in [1.807, 2.05) is 18.2 Å². The summed E-state index contributed by atoms with van der Waals surface area (Å²) >= 11 is 0. The molecule has 1 saturated heterocycles. The number of para-hydroxylation sites is 1. The van der Waals surface area contributed by atoms with Crippen molar-refractivity contribution in [2.75, 3.05) is 29.9 Å². The number of hydrogen-bond donors (Lipinski definition) is 2. The third-order valence-electron chi connectivity index (χ3n) is 4.35. The highest BCUT2D eigenvalue weighted by atomic mass is 15.3. The second kappa shape index (κ2) is 5.93. The van der Waals surface area contributed by atoms with Crippen LogP contribution in [0.25, 0.3) is 0 Å². The van der Waals surface area contributed by atoms with E-state index in [1.54, 1.807) is 0 Å². The molecular weight excluding hydrogens is 274 g/mol. The van der Waals surface area contributed by atoms with Gasteiger partial charge in [0.05, 0.1) is 5.69 Å². The highest BCUT2D eigenvalue weighted by Crippen LogP contribution is 2.27. The first-order chi connectivity index (χ1) is 10.9. The molecule has 0 bridgehead atoms. The maximum absolute atomic E-state index is 4.83. The molecule has 114 valence electrons. The lowest BCUT2D eigenvalue weighted by Crippen LogP contribution is -2.28. The van der Waals surface area contributed by atoms with Crippen molar-refractivity contribution in [2.24, 2.45) is 0 Å². The lowest BCUT2D eigenvalue weighted by molar-refractivity contribution is 0.626. The van der Waals surface area contributed by atoms with E-state index in [2.05, 4.69) is 27.7 Å². The second-order valence-electron chi connectivity index (χ2n) is 5.91. The summed E-state index contributed by atoms with van der Waals surface area (Å²) in [5, 5.41) is 6.90. The first kappa shape index (κ1) is 13.5. The summed E-state index contributed by atoms with van der Waals surface area (Å²) in [4.78, 5) is 12.0. The fourth-order valence-electron chi connectivity index (χ4n) is 3.15. The Balaban J connectivity index is 1.72. The molecule has 5 nitrogen and oxygen atoms in total. The molecule has 2 N–H and O–H groups in total. The Kier molecular flexibility index (Phi) is 3.64. The van der Waals surface area contributed by atoms with Crippen LogP contribution in [-0.4, -0.2) is 29.6 Å². The Labute approximate surface area is 130 Å². The molecule has 1 aromatic heterocycles. The molecule has 1 aromatic carbocycles. The minimum atomic E-state index is 0.838. The number of nitrogens with zero attached hydrogens (tertiary/aromatic N) is 3.